The number of phenols is 2. The van der Waals surface area contributed by atoms with Gasteiger partial charge in [-0.05, 0) is 44.2 Å². The average molecular weight is 273 g/mol. The molecule has 0 amide bonds. The third-order valence-corrected chi connectivity index (χ3v) is 3.01. The Labute approximate surface area is 118 Å². The number of ether oxygens (including phenoxy) is 1. The van der Waals surface area contributed by atoms with Crippen molar-refractivity contribution in [3.63, 3.8) is 0 Å². The highest BCUT2D eigenvalue weighted by atomic mass is 16.5. The van der Waals surface area contributed by atoms with Crippen LogP contribution >= 0.6 is 0 Å². The normalized spacial score (nSPS) is 11.9. The van der Waals surface area contributed by atoms with Gasteiger partial charge in [-0.3, -0.25) is 0 Å². The van der Waals surface area contributed by atoms with E-state index in [9.17, 15) is 10.2 Å². The van der Waals surface area contributed by atoms with Crippen molar-refractivity contribution >= 4 is 5.69 Å². The van der Waals surface area contributed by atoms with Gasteiger partial charge in [0.2, 0.25) is 0 Å². The molecule has 0 saturated heterocycles. The summed E-state index contributed by atoms with van der Waals surface area (Å²) in [4.78, 5) is 0. The monoisotopic (exact) mass is 273 g/mol. The molecule has 2 aromatic carbocycles. The maximum atomic E-state index is 9.85. The van der Waals surface area contributed by atoms with E-state index in [1.165, 1.54) is 12.1 Å². The van der Waals surface area contributed by atoms with E-state index in [0.29, 0.717) is 12.2 Å². The van der Waals surface area contributed by atoms with Crippen LogP contribution in [0.15, 0.2) is 42.5 Å². The number of phenolic OH excluding ortho intramolecular Hbond substituents is 2. The lowest BCUT2D eigenvalue weighted by molar-refractivity contribution is 0.340. The number of hydrogen-bond acceptors (Lipinski definition) is 4. The number of aromatic hydroxyl groups is 2. The molecule has 2 aromatic rings. The smallest absolute Gasteiger partial charge is 0.121 e. The molecule has 0 bridgehead atoms. The summed E-state index contributed by atoms with van der Waals surface area (Å²) in [6.07, 6.45) is 0. The van der Waals surface area contributed by atoms with Gasteiger partial charge in [0, 0.05) is 17.3 Å². The standard InChI is InChI=1S/C16H19NO3/c1-3-20-14-6-4-5-12(9-14)17-11(2)15-10-13(18)7-8-16(15)19/h4-11,17-19H,3H2,1-2H3. The van der Waals surface area contributed by atoms with Crippen molar-refractivity contribution in [1.82, 2.24) is 0 Å². The zero-order chi connectivity index (χ0) is 14.5. The highest BCUT2D eigenvalue weighted by molar-refractivity contribution is 5.51. The second kappa shape index (κ2) is 6.19. The Morgan fingerprint density at radius 1 is 1.15 bits per heavy atom. The summed E-state index contributed by atoms with van der Waals surface area (Å²) in [5.41, 5.74) is 1.54. The summed E-state index contributed by atoms with van der Waals surface area (Å²) >= 11 is 0. The highest BCUT2D eigenvalue weighted by Crippen LogP contribution is 2.30. The predicted molar refractivity (Wildman–Crippen MR) is 79.4 cm³/mol. The van der Waals surface area contributed by atoms with Gasteiger partial charge in [0.15, 0.2) is 0 Å². The molecule has 0 spiro atoms. The Bertz CT molecular complexity index is 584. The average Bonchev–Trinajstić information content (AvgIpc) is 2.42. The van der Waals surface area contributed by atoms with Gasteiger partial charge in [-0.1, -0.05) is 6.07 Å². The number of hydrogen-bond donors (Lipinski definition) is 3. The molecule has 2 rings (SSSR count). The maximum Gasteiger partial charge on any atom is 0.121 e. The largest absolute Gasteiger partial charge is 0.508 e. The van der Waals surface area contributed by atoms with E-state index in [1.54, 1.807) is 6.07 Å². The van der Waals surface area contributed by atoms with Crippen molar-refractivity contribution in [3.8, 4) is 17.2 Å². The van der Waals surface area contributed by atoms with Crippen molar-refractivity contribution in [2.75, 3.05) is 11.9 Å². The van der Waals surface area contributed by atoms with E-state index in [0.717, 1.165) is 11.4 Å². The molecule has 0 aliphatic carbocycles. The Morgan fingerprint density at radius 2 is 1.95 bits per heavy atom. The van der Waals surface area contributed by atoms with Gasteiger partial charge in [0.05, 0.1) is 12.6 Å². The molecule has 0 radical (unpaired) electrons. The molecule has 106 valence electrons. The molecule has 4 nitrogen and oxygen atoms in total. The Morgan fingerprint density at radius 3 is 2.70 bits per heavy atom. The second-order valence-corrected chi connectivity index (χ2v) is 4.57. The highest BCUT2D eigenvalue weighted by Gasteiger charge is 2.11. The van der Waals surface area contributed by atoms with E-state index >= 15 is 0 Å². The SMILES string of the molecule is CCOc1cccc(NC(C)c2cc(O)ccc2O)c1. The van der Waals surface area contributed by atoms with E-state index in [-0.39, 0.29) is 17.5 Å². The van der Waals surface area contributed by atoms with E-state index in [2.05, 4.69) is 5.32 Å². The van der Waals surface area contributed by atoms with Crippen LogP contribution in [-0.2, 0) is 0 Å². The van der Waals surface area contributed by atoms with E-state index < -0.39 is 0 Å². The first-order chi connectivity index (χ1) is 9.60. The number of nitrogens with one attached hydrogen (secondary N) is 1. The van der Waals surface area contributed by atoms with Crippen molar-refractivity contribution in [2.45, 2.75) is 19.9 Å². The zero-order valence-corrected chi connectivity index (χ0v) is 11.6. The molecule has 3 N–H and O–H groups in total. The van der Waals surface area contributed by atoms with Crippen LogP contribution in [0.5, 0.6) is 17.2 Å². The number of anilines is 1. The van der Waals surface area contributed by atoms with Gasteiger partial charge < -0.3 is 20.3 Å². The van der Waals surface area contributed by atoms with Gasteiger partial charge in [-0.15, -0.1) is 0 Å². The molecule has 1 atom stereocenters. The molecule has 1 unspecified atom stereocenters. The summed E-state index contributed by atoms with van der Waals surface area (Å²) in [6, 6.07) is 12.0. The Balaban J connectivity index is 2.16. The van der Waals surface area contributed by atoms with Crippen molar-refractivity contribution in [1.29, 1.82) is 0 Å². The first-order valence-corrected chi connectivity index (χ1v) is 6.61. The minimum atomic E-state index is -0.140. The molecule has 0 saturated carbocycles. The fourth-order valence-electron chi connectivity index (χ4n) is 2.06. The summed E-state index contributed by atoms with van der Waals surface area (Å²) in [6.45, 7) is 4.47. The minimum Gasteiger partial charge on any atom is -0.508 e. The van der Waals surface area contributed by atoms with Crippen molar-refractivity contribution < 1.29 is 14.9 Å². The van der Waals surface area contributed by atoms with Crippen molar-refractivity contribution in [2.24, 2.45) is 0 Å². The fourth-order valence-corrected chi connectivity index (χ4v) is 2.06. The van der Waals surface area contributed by atoms with Crippen LogP contribution in [0.1, 0.15) is 25.5 Å². The fraction of sp³-hybridized carbons (Fsp3) is 0.250. The molecule has 0 heterocycles. The lowest BCUT2D eigenvalue weighted by atomic mass is 10.1. The van der Waals surface area contributed by atoms with Crippen LogP contribution in [0.3, 0.4) is 0 Å². The molecule has 0 fully saturated rings. The molecule has 4 heteroatoms. The quantitative estimate of drug-likeness (QED) is 0.727. The summed E-state index contributed by atoms with van der Waals surface area (Å²) in [5, 5.41) is 22.6. The lowest BCUT2D eigenvalue weighted by Gasteiger charge is -2.17. The van der Waals surface area contributed by atoms with Crippen LogP contribution in [0.2, 0.25) is 0 Å². The molecule has 0 aliphatic heterocycles. The topological polar surface area (TPSA) is 61.7 Å². The minimum absolute atomic E-state index is 0.134. The first-order valence-electron chi connectivity index (χ1n) is 6.61. The van der Waals surface area contributed by atoms with Gasteiger partial charge in [-0.25, -0.2) is 0 Å². The van der Waals surface area contributed by atoms with Crippen LogP contribution < -0.4 is 10.1 Å². The Kier molecular flexibility index (Phi) is 4.35. The Hall–Kier alpha value is -2.36. The molecular formula is C16H19NO3. The second-order valence-electron chi connectivity index (χ2n) is 4.57. The van der Waals surface area contributed by atoms with E-state index in [1.807, 2.05) is 38.1 Å². The number of benzene rings is 2. The molecule has 20 heavy (non-hydrogen) atoms. The van der Waals surface area contributed by atoms with Crippen molar-refractivity contribution in [3.05, 3.63) is 48.0 Å². The van der Waals surface area contributed by atoms with Gasteiger partial charge in [-0.2, -0.15) is 0 Å². The first kappa shape index (κ1) is 14.1. The molecular weight excluding hydrogens is 254 g/mol. The van der Waals surface area contributed by atoms with Crippen LogP contribution in [0.4, 0.5) is 5.69 Å². The summed E-state index contributed by atoms with van der Waals surface area (Å²) in [7, 11) is 0. The van der Waals surface area contributed by atoms with Crippen LogP contribution in [0, 0.1) is 0 Å². The zero-order valence-electron chi connectivity index (χ0n) is 11.6. The number of rotatable bonds is 5. The molecule has 0 aliphatic rings. The van der Waals surface area contributed by atoms with Crippen LogP contribution in [0.25, 0.3) is 0 Å². The summed E-state index contributed by atoms with van der Waals surface area (Å²) < 4.78 is 5.45. The third-order valence-electron chi connectivity index (χ3n) is 3.01. The van der Waals surface area contributed by atoms with Gasteiger partial charge in [0.25, 0.3) is 0 Å². The third kappa shape index (κ3) is 3.35. The molecule has 0 aromatic heterocycles. The van der Waals surface area contributed by atoms with E-state index in [4.69, 9.17) is 4.74 Å². The van der Waals surface area contributed by atoms with Gasteiger partial charge >= 0.3 is 0 Å². The lowest BCUT2D eigenvalue weighted by Crippen LogP contribution is -2.07. The predicted octanol–water partition coefficient (Wildman–Crippen LogP) is 3.67. The summed E-state index contributed by atoms with van der Waals surface area (Å²) in [5.74, 6) is 1.09. The van der Waals surface area contributed by atoms with Crippen LogP contribution in [-0.4, -0.2) is 16.8 Å². The maximum absolute atomic E-state index is 9.85. The van der Waals surface area contributed by atoms with Gasteiger partial charge in [0.1, 0.15) is 17.2 Å².